The summed E-state index contributed by atoms with van der Waals surface area (Å²) in [6.45, 7) is 3.80. The predicted octanol–water partition coefficient (Wildman–Crippen LogP) is 3.45. The van der Waals surface area contributed by atoms with Crippen LogP contribution in [0.1, 0.15) is 19.8 Å². The molecule has 0 aliphatic carbocycles. The van der Waals surface area contributed by atoms with Crippen molar-refractivity contribution in [2.24, 2.45) is 0 Å². The minimum absolute atomic E-state index is 0.182. The summed E-state index contributed by atoms with van der Waals surface area (Å²) in [5.41, 5.74) is 3.37. The van der Waals surface area contributed by atoms with Gasteiger partial charge in [-0.2, -0.15) is 0 Å². The maximum atomic E-state index is 14.3. The summed E-state index contributed by atoms with van der Waals surface area (Å²) in [6.07, 6.45) is 2.09. The summed E-state index contributed by atoms with van der Waals surface area (Å²) >= 11 is 12.7. The molecule has 1 aliphatic rings. The Bertz CT molecular complexity index is 675. The van der Waals surface area contributed by atoms with Crippen LogP contribution < -0.4 is 10.7 Å². The van der Waals surface area contributed by atoms with E-state index in [1.165, 1.54) is 24.9 Å². The average molecular weight is 436 g/mol. The van der Waals surface area contributed by atoms with Crippen LogP contribution in [-0.2, 0) is 14.3 Å². The fraction of sp³-hybridized carbons (Fsp3) is 0.529. The number of methoxy groups -OCH3 is 1. The van der Waals surface area contributed by atoms with Gasteiger partial charge in [0.1, 0.15) is 17.7 Å². The predicted molar refractivity (Wildman–Crippen MR) is 110 cm³/mol. The minimum atomic E-state index is -0.515. The third-order valence-corrected chi connectivity index (χ3v) is 5.67. The Kier molecular flexibility index (Phi) is 9.04. The standard InChI is InChI=1S/C17H23ClFN3O3S2/c1-11(16(23)25-8-7-24-2)27-15-10-14(13(19)9-12(15)18)21-17(26)22-6-4-3-5-20-22/h9-11,20H,3-8H2,1-2H3,(H,21,26). The molecule has 1 fully saturated rings. The molecule has 2 rings (SSSR count). The summed E-state index contributed by atoms with van der Waals surface area (Å²) in [5.74, 6) is -0.904. The lowest BCUT2D eigenvalue weighted by molar-refractivity contribution is -0.143. The Hall–Kier alpha value is -1.13. The first-order chi connectivity index (χ1) is 12.9. The van der Waals surface area contributed by atoms with E-state index in [9.17, 15) is 9.18 Å². The van der Waals surface area contributed by atoms with Crippen LogP contribution in [0, 0.1) is 5.82 Å². The van der Waals surface area contributed by atoms with Gasteiger partial charge in [0.05, 0.1) is 17.3 Å². The first-order valence-corrected chi connectivity index (χ1v) is 10.2. The van der Waals surface area contributed by atoms with Crippen LogP contribution in [0.3, 0.4) is 0 Å². The van der Waals surface area contributed by atoms with E-state index in [4.69, 9.17) is 33.3 Å². The van der Waals surface area contributed by atoms with Gasteiger partial charge in [0.15, 0.2) is 5.11 Å². The first kappa shape index (κ1) is 22.2. The molecule has 0 spiro atoms. The van der Waals surface area contributed by atoms with Gasteiger partial charge in [0, 0.05) is 25.1 Å². The van der Waals surface area contributed by atoms with Crippen LogP contribution in [0.25, 0.3) is 0 Å². The second kappa shape index (κ2) is 11.0. The van der Waals surface area contributed by atoms with Gasteiger partial charge in [-0.15, -0.1) is 11.8 Å². The van der Waals surface area contributed by atoms with Crippen molar-refractivity contribution in [2.75, 3.05) is 38.7 Å². The molecule has 0 saturated carbocycles. The number of thiocarbonyl (C=S) groups is 1. The van der Waals surface area contributed by atoms with E-state index < -0.39 is 11.1 Å². The number of nitrogens with one attached hydrogen (secondary N) is 2. The lowest BCUT2D eigenvalue weighted by atomic mass is 10.3. The molecular weight excluding hydrogens is 413 g/mol. The number of nitrogens with zero attached hydrogens (tertiary/aromatic N) is 1. The number of hydrogen-bond acceptors (Lipinski definition) is 6. The number of carbonyl (C=O) groups is 1. The largest absolute Gasteiger partial charge is 0.462 e. The van der Waals surface area contributed by atoms with Crippen molar-refractivity contribution < 1.29 is 18.7 Å². The van der Waals surface area contributed by atoms with Gasteiger partial charge in [0.2, 0.25) is 0 Å². The Morgan fingerprint density at radius 2 is 2.26 bits per heavy atom. The molecule has 0 amide bonds. The summed E-state index contributed by atoms with van der Waals surface area (Å²) in [4.78, 5) is 12.6. The topological polar surface area (TPSA) is 62.8 Å². The molecule has 1 aromatic rings. The maximum absolute atomic E-state index is 14.3. The average Bonchev–Trinajstić information content (AvgIpc) is 2.66. The number of benzene rings is 1. The van der Waals surface area contributed by atoms with Gasteiger partial charge < -0.3 is 14.8 Å². The van der Waals surface area contributed by atoms with Crippen LogP contribution in [0.4, 0.5) is 10.1 Å². The number of anilines is 1. The van der Waals surface area contributed by atoms with E-state index in [0.717, 1.165) is 25.9 Å². The maximum Gasteiger partial charge on any atom is 0.319 e. The normalized spacial score (nSPS) is 15.3. The van der Waals surface area contributed by atoms with Crippen LogP contribution in [0.5, 0.6) is 0 Å². The number of thioether (sulfide) groups is 1. The van der Waals surface area contributed by atoms with Gasteiger partial charge >= 0.3 is 5.97 Å². The third kappa shape index (κ3) is 6.76. The highest BCUT2D eigenvalue weighted by atomic mass is 35.5. The van der Waals surface area contributed by atoms with E-state index >= 15 is 0 Å². The Morgan fingerprint density at radius 3 is 2.93 bits per heavy atom. The summed E-state index contributed by atoms with van der Waals surface area (Å²) in [6, 6.07) is 2.76. The van der Waals surface area contributed by atoms with E-state index in [1.54, 1.807) is 18.0 Å². The number of esters is 1. The molecule has 1 atom stereocenters. The molecule has 1 saturated heterocycles. The van der Waals surface area contributed by atoms with E-state index in [-0.39, 0.29) is 23.3 Å². The molecule has 27 heavy (non-hydrogen) atoms. The molecule has 1 heterocycles. The number of halogens is 2. The smallest absolute Gasteiger partial charge is 0.319 e. The van der Waals surface area contributed by atoms with Gasteiger partial charge in [-0.3, -0.25) is 9.80 Å². The molecule has 10 heteroatoms. The molecule has 0 bridgehead atoms. The van der Waals surface area contributed by atoms with Crippen molar-refractivity contribution in [3.05, 3.63) is 23.0 Å². The molecule has 1 unspecified atom stereocenters. The Labute approximate surface area is 173 Å². The Balaban J connectivity index is 2.03. The molecule has 1 aliphatic heterocycles. The first-order valence-electron chi connectivity index (χ1n) is 8.55. The van der Waals surface area contributed by atoms with Crippen LogP contribution in [0.2, 0.25) is 5.02 Å². The summed E-state index contributed by atoms with van der Waals surface area (Å²) < 4.78 is 24.2. The molecule has 1 aromatic carbocycles. The number of ether oxygens (including phenoxy) is 2. The number of hydrazine groups is 1. The zero-order valence-corrected chi connectivity index (χ0v) is 17.6. The second-order valence-corrected chi connectivity index (χ2v) is 8.06. The number of rotatable bonds is 7. The summed E-state index contributed by atoms with van der Waals surface area (Å²) in [5, 5.41) is 4.80. The van der Waals surface area contributed by atoms with Gasteiger partial charge in [-0.25, -0.2) is 9.82 Å². The zero-order valence-electron chi connectivity index (χ0n) is 15.2. The van der Waals surface area contributed by atoms with Gasteiger partial charge in [-0.05, 0) is 44.1 Å². The van der Waals surface area contributed by atoms with Crippen LogP contribution in [-0.4, -0.2) is 54.8 Å². The highest BCUT2D eigenvalue weighted by Gasteiger charge is 2.20. The lowest BCUT2D eigenvalue weighted by Crippen LogP contribution is -2.48. The highest BCUT2D eigenvalue weighted by Crippen LogP contribution is 2.34. The van der Waals surface area contributed by atoms with Crippen molar-refractivity contribution in [3.63, 3.8) is 0 Å². The fourth-order valence-corrected chi connectivity index (χ4v) is 3.79. The Morgan fingerprint density at radius 1 is 1.48 bits per heavy atom. The van der Waals surface area contributed by atoms with E-state index in [1.807, 2.05) is 0 Å². The van der Waals surface area contributed by atoms with Crippen molar-refractivity contribution in [2.45, 2.75) is 29.9 Å². The third-order valence-electron chi connectivity index (χ3n) is 3.79. The zero-order chi connectivity index (χ0) is 19.8. The number of hydrogen-bond donors (Lipinski definition) is 2. The minimum Gasteiger partial charge on any atom is -0.462 e. The SMILES string of the molecule is COCCOC(=O)C(C)Sc1cc(NC(=S)N2CCCCN2)c(F)cc1Cl. The molecule has 150 valence electrons. The highest BCUT2D eigenvalue weighted by molar-refractivity contribution is 8.00. The molecular formula is C17H23ClFN3O3S2. The number of carbonyl (C=O) groups excluding carboxylic acids is 1. The van der Waals surface area contributed by atoms with Crippen molar-refractivity contribution in [1.29, 1.82) is 0 Å². The van der Waals surface area contributed by atoms with Crippen molar-refractivity contribution >= 4 is 52.3 Å². The van der Waals surface area contributed by atoms with Gasteiger partial charge in [-0.1, -0.05) is 11.6 Å². The second-order valence-electron chi connectivity index (χ2n) is 5.88. The van der Waals surface area contributed by atoms with Crippen molar-refractivity contribution in [3.8, 4) is 0 Å². The van der Waals surface area contributed by atoms with E-state index in [0.29, 0.717) is 16.6 Å². The fourth-order valence-electron chi connectivity index (χ4n) is 2.34. The van der Waals surface area contributed by atoms with Crippen LogP contribution in [0.15, 0.2) is 17.0 Å². The molecule has 6 nitrogen and oxygen atoms in total. The van der Waals surface area contributed by atoms with Crippen LogP contribution >= 0.6 is 35.6 Å². The molecule has 2 N–H and O–H groups in total. The van der Waals surface area contributed by atoms with E-state index in [2.05, 4.69) is 10.7 Å². The van der Waals surface area contributed by atoms with Crippen molar-refractivity contribution in [1.82, 2.24) is 10.4 Å². The molecule has 0 aromatic heterocycles. The summed E-state index contributed by atoms with van der Waals surface area (Å²) in [7, 11) is 1.53. The lowest BCUT2D eigenvalue weighted by Gasteiger charge is -2.30. The van der Waals surface area contributed by atoms with Gasteiger partial charge in [0.25, 0.3) is 0 Å². The quantitative estimate of drug-likeness (QED) is 0.292. The molecule has 0 radical (unpaired) electrons. The monoisotopic (exact) mass is 435 g/mol.